The Hall–Kier alpha value is -1.42. The van der Waals surface area contributed by atoms with Gasteiger partial charge in [0.25, 0.3) is 0 Å². The first-order valence-corrected chi connectivity index (χ1v) is 11.3. The first kappa shape index (κ1) is 14.9. The third kappa shape index (κ3) is 1.83. The fraction of sp³-hybridized carbons (Fsp3) is 0. The number of fused-ring (bicyclic) bond motifs is 2. The van der Waals surface area contributed by atoms with Crippen molar-refractivity contribution in [1.82, 2.24) is 0 Å². The van der Waals surface area contributed by atoms with Crippen molar-refractivity contribution in [2.24, 2.45) is 0 Å². The van der Waals surface area contributed by atoms with Gasteiger partial charge in [-0.3, -0.25) is 0 Å². The molecule has 1 atom stereocenters. The first-order valence-electron chi connectivity index (χ1n) is 7.67. The fourth-order valence-electron chi connectivity index (χ4n) is 3.64. The Morgan fingerprint density at radius 2 is 1.58 bits per heavy atom. The average molecular weight is 458 g/mol. The molecule has 0 radical (unpaired) electrons. The van der Waals surface area contributed by atoms with Gasteiger partial charge in [-0.25, -0.2) is 0 Å². The fourth-order valence-corrected chi connectivity index (χ4v) is 9.13. The zero-order valence-corrected chi connectivity index (χ0v) is 16.4. The highest BCUT2D eigenvalue weighted by atomic mass is 127. The van der Waals surface area contributed by atoms with Gasteiger partial charge in [0.15, 0.2) is 7.14 Å². The summed E-state index contributed by atoms with van der Waals surface area (Å²) >= 11 is 4.07. The normalized spacial score (nSPS) is 18.5. The number of thiophene rings is 1. The molecule has 116 valence electrons. The molecular formula is C20H12IOPS. The van der Waals surface area contributed by atoms with Gasteiger partial charge in [0.2, 0.25) is 0 Å². The summed E-state index contributed by atoms with van der Waals surface area (Å²) in [5.74, 6) is 0. The van der Waals surface area contributed by atoms with Crippen LogP contribution in [0.5, 0.6) is 0 Å². The first-order chi connectivity index (χ1) is 11.7. The molecule has 0 saturated carbocycles. The van der Waals surface area contributed by atoms with Gasteiger partial charge >= 0.3 is 0 Å². The Morgan fingerprint density at radius 3 is 2.38 bits per heavy atom. The molecule has 4 aromatic rings. The summed E-state index contributed by atoms with van der Waals surface area (Å²) in [4.78, 5) is 0. The van der Waals surface area contributed by atoms with Crippen LogP contribution in [-0.2, 0) is 4.57 Å². The van der Waals surface area contributed by atoms with E-state index in [0.717, 1.165) is 32.2 Å². The molecule has 0 amide bonds. The average Bonchev–Trinajstić information content (AvgIpc) is 3.03. The van der Waals surface area contributed by atoms with Crippen molar-refractivity contribution >= 4 is 67.8 Å². The standard InChI is InChI=1S/C20H12IOPS/c21-20-19-15-10-4-6-13-7-5-11-16(18(13)15)23(22,17(19)12-24-20)14-8-2-1-3-9-14/h1-12H. The van der Waals surface area contributed by atoms with E-state index in [2.05, 4.69) is 52.2 Å². The molecule has 0 aliphatic carbocycles. The maximum atomic E-state index is 14.5. The van der Waals surface area contributed by atoms with E-state index in [0.29, 0.717) is 0 Å². The second-order valence-corrected chi connectivity index (χ2v) is 11.3. The quantitative estimate of drug-likeness (QED) is 0.252. The zero-order chi connectivity index (χ0) is 16.3. The number of rotatable bonds is 1. The molecule has 0 bridgehead atoms. The molecule has 2 heterocycles. The van der Waals surface area contributed by atoms with Gasteiger partial charge in [-0.2, -0.15) is 0 Å². The molecule has 0 fully saturated rings. The second kappa shape index (κ2) is 5.29. The monoisotopic (exact) mass is 458 g/mol. The number of hydrogen-bond acceptors (Lipinski definition) is 2. The van der Waals surface area contributed by atoms with E-state index >= 15 is 0 Å². The maximum absolute atomic E-state index is 14.5. The summed E-state index contributed by atoms with van der Waals surface area (Å²) in [7, 11) is -2.84. The van der Waals surface area contributed by atoms with Crippen molar-refractivity contribution in [3.05, 3.63) is 75.0 Å². The van der Waals surface area contributed by atoms with Crippen LogP contribution in [-0.4, -0.2) is 0 Å². The van der Waals surface area contributed by atoms with Gasteiger partial charge in [0, 0.05) is 32.2 Å². The molecule has 1 aliphatic rings. The molecule has 1 aliphatic heterocycles. The summed E-state index contributed by atoms with van der Waals surface area (Å²) in [6, 6.07) is 22.5. The lowest BCUT2D eigenvalue weighted by molar-refractivity contribution is 0.592. The number of halogens is 1. The van der Waals surface area contributed by atoms with Crippen LogP contribution < -0.4 is 15.9 Å². The Morgan fingerprint density at radius 1 is 0.833 bits per heavy atom. The Bertz CT molecular complexity index is 1140. The smallest absolute Gasteiger partial charge is 0.173 e. The van der Waals surface area contributed by atoms with Crippen LogP contribution in [0.25, 0.3) is 21.9 Å². The van der Waals surface area contributed by atoms with Crippen molar-refractivity contribution in [3.63, 3.8) is 0 Å². The van der Waals surface area contributed by atoms with Gasteiger partial charge in [-0.1, -0.05) is 66.7 Å². The lowest BCUT2D eigenvalue weighted by atomic mass is 10.00. The molecule has 0 N–H and O–H groups in total. The lowest BCUT2D eigenvalue weighted by Gasteiger charge is -2.27. The van der Waals surface area contributed by atoms with Gasteiger partial charge in [-0.05, 0) is 33.5 Å². The largest absolute Gasteiger partial charge is 0.309 e. The highest BCUT2D eigenvalue weighted by molar-refractivity contribution is 14.1. The van der Waals surface area contributed by atoms with Crippen molar-refractivity contribution in [1.29, 1.82) is 0 Å². The van der Waals surface area contributed by atoms with E-state index in [1.807, 2.05) is 42.5 Å². The summed E-state index contributed by atoms with van der Waals surface area (Å²) in [5, 5.41) is 7.30. The molecule has 0 spiro atoms. The molecule has 1 unspecified atom stereocenters. The number of benzene rings is 3. The molecule has 0 saturated heterocycles. The van der Waals surface area contributed by atoms with E-state index < -0.39 is 7.14 Å². The van der Waals surface area contributed by atoms with Crippen LogP contribution in [0.2, 0.25) is 0 Å². The van der Waals surface area contributed by atoms with Gasteiger partial charge < -0.3 is 4.57 Å². The van der Waals surface area contributed by atoms with Gasteiger partial charge in [-0.15, -0.1) is 11.3 Å². The third-order valence-electron chi connectivity index (χ3n) is 4.68. The van der Waals surface area contributed by atoms with Crippen LogP contribution in [0.3, 0.4) is 0 Å². The molecular weight excluding hydrogens is 446 g/mol. The summed E-state index contributed by atoms with van der Waals surface area (Å²) in [6.45, 7) is 0. The van der Waals surface area contributed by atoms with E-state index in [1.54, 1.807) is 11.3 Å². The second-order valence-electron chi connectivity index (χ2n) is 5.90. The van der Waals surface area contributed by atoms with Gasteiger partial charge in [0.05, 0.1) is 2.88 Å². The molecule has 1 aromatic heterocycles. The van der Waals surface area contributed by atoms with Crippen LogP contribution in [0.15, 0.2) is 72.1 Å². The van der Waals surface area contributed by atoms with Crippen molar-refractivity contribution in [3.8, 4) is 11.1 Å². The Labute approximate surface area is 157 Å². The van der Waals surface area contributed by atoms with E-state index in [4.69, 9.17) is 0 Å². The van der Waals surface area contributed by atoms with E-state index in [9.17, 15) is 4.57 Å². The van der Waals surface area contributed by atoms with Crippen LogP contribution in [0.4, 0.5) is 0 Å². The van der Waals surface area contributed by atoms with Crippen LogP contribution in [0, 0.1) is 2.88 Å². The zero-order valence-electron chi connectivity index (χ0n) is 12.6. The molecule has 1 nitrogen and oxygen atoms in total. The SMILES string of the molecule is O=P1(c2ccccc2)c2csc(I)c2-c2cccc3cccc1c23. The van der Waals surface area contributed by atoms with Crippen molar-refractivity contribution < 1.29 is 4.57 Å². The maximum Gasteiger partial charge on any atom is 0.173 e. The summed E-state index contributed by atoms with van der Waals surface area (Å²) in [5.41, 5.74) is 2.38. The Balaban J connectivity index is 2.04. The van der Waals surface area contributed by atoms with E-state index in [1.165, 1.54) is 8.45 Å². The summed E-state index contributed by atoms with van der Waals surface area (Å²) < 4.78 is 15.7. The summed E-state index contributed by atoms with van der Waals surface area (Å²) in [6.07, 6.45) is 0. The predicted octanol–water partition coefficient (Wildman–Crippen LogP) is 5.13. The topological polar surface area (TPSA) is 17.1 Å². The molecule has 4 heteroatoms. The molecule has 24 heavy (non-hydrogen) atoms. The predicted molar refractivity (Wildman–Crippen MR) is 113 cm³/mol. The molecule has 3 aromatic carbocycles. The minimum absolute atomic E-state index is 0.919. The van der Waals surface area contributed by atoms with Crippen LogP contribution >= 0.6 is 41.1 Å². The number of hydrogen-bond donors (Lipinski definition) is 0. The minimum Gasteiger partial charge on any atom is -0.309 e. The molecule has 5 rings (SSSR count). The van der Waals surface area contributed by atoms with Crippen LogP contribution in [0.1, 0.15) is 0 Å². The third-order valence-corrected chi connectivity index (χ3v) is 10.0. The highest BCUT2D eigenvalue weighted by Gasteiger charge is 2.39. The van der Waals surface area contributed by atoms with Crippen molar-refractivity contribution in [2.45, 2.75) is 0 Å². The van der Waals surface area contributed by atoms with Crippen molar-refractivity contribution in [2.75, 3.05) is 0 Å². The lowest BCUT2D eigenvalue weighted by Crippen LogP contribution is -2.29. The Kier molecular flexibility index (Phi) is 3.28. The minimum atomic E-state index is -2.84. The van der Waals surface area contributed by atoms with E-state index in [-0.39, 0.29) is 0 Å². The van der Waals surface area contributed by atoms with Gasteiger partial charge in [0.1, 0.15) is 0 Å². The highest BCUT2D eigenvalue weighted by Crippen LogP contribution is 2.53.